The Hall–Kier alpha value is -4.01. The van der Waals surface area contributed by atoms with Crippen molar-refractivity contribution >= 4 is 22.8 Å². The van der Waals surface area contributed by atoms with Crippen LogP contribution in [-0.4, -0.2) is 46.5 Å². The van der Waals surface area contributed by atoms with Crippen LogP contribution in [0.2, 0.25) is 0 Å². The Morgan fingerprint density at radius 3 is 2.80 bits per heavy atom. The van der Waals surface area contributed by atoms with Crippen LogP contribution in [0, 0.1) is 0 Å². The highest BCUT2D eigenvalue weighted by molar-refractivity contribution is 5.97. The second kappa shape index (κ2) is 8.16. The molecule has 152 valence electrons. The van der Waals surface area contributed by atoms with Crippen LogP contribution in [0.4, 0.5) is 5.82 Å². The summed E-state index contributed by atoms with van der Waals surface area (Å²) in [7, 11) is 3.82. The lowest BCUT2D eigenvalue weighted by molar-refractivity contribution is 0.0954. The standard InChI is InChI=1S/C21H20N6O3/c1-27(2)18-12-14(24-19(26-18)15-5-3-4-9-22-15)8-10-23-20(28)13-6-7-17-16(11-13)25-21(29)30-17/h3-7,9,11-12H,8,10H2,1-2H3,(H,23,28)(H,25,29). The van der Waals surface area contributed by atoms with E-state index in [2.05, 4.69) is 25.3 Å². The number of carbonyl (C=O) groups excluding carboxylic acids is 1. The molecular weight excluding hydrogens is 384 g/mol. The minimum absolute atomic E-state index is 0.245. The number of aromatic nitrogens is 4. The quantitative estimate of drug-likeness (QED) is 0.505. The van der Waals surface area contributed by atoms with Gasteiger partial charge >= 0.3 is 5.76 Å². The van der Waals surface area contributed by atoms with Crippen LogP contribution in [0.3, 0.4) is 0 Å². The van der Waals surface area contributed by atoms with Crippen molar-refractivity contribution in [2.24, 2.45) is 0 Å². The van der Waals surface area contributed by atoms with Gasteiger partial charge in [-0.15, -0.1) is 0 Å². The fraction of sp³-hybridized carbons (Fsp3) is 0.190. The Labute approximate surface area is 171 Å². The summed E-state index contributed by atoms with van der Waals surface area (Å²) < 4.78 is 4.95. The van der Waals surface area contributed by atoms with Gasteiger partial charge in [-0.3, -0.25) is 14.8 Å². The van der Waals surface area contributed by atoms with Crippen LogP contribution in [0.25, 0.3) is 22.6 Å². The van der Waals surface area contributed by atoms with Gasteiger partial charge in [-0.2, -0.15) is 0 Å². The van der Waals surface area contributed by atoms with Crippen molar-refractivity contribution in [1.29, 1.82) is 0 Å². The molecule has 0 saturated heterocycles. The zero-order chi connectivity index (χ0) is 21.1. The number of nitrogens with one attached hydrogen (secondary N) is 2. The Kier molecular flexibility index (Phi) is 5.25. The highest BCUT2D eigenvalue weighted by Crippen LogP contribution is 2.17. The maximum Gasteiger partial charge on any atom is 0.417 e. The number of nitrogens with zero attached hydrogens (tertiary/aromatic N) is 4. The molecule has 0 radical (unpaired) electrons. The van der Waals surface area contributed by atoms with E-state index >= 15 is 0 Å². The summed E-state index contributed by atoms with van der Waals surface area (Å²) in [5.41, 5.74) is 2.82. The van der Waals surface area contributed by atoms with Gasteiger partial charge in [-0.25, -0.2) is 14.8 Å². The Balaban J connectivity index is 1.47. The molecule has 0 aliphatic rings. The summed E-state index contributed by atoms with van der Waals surface area (Å²) >= 11 is 0. The molecule has 0 unspecified atom stereocenters. The number of H-pyrrole nitrogens is 1. The largest absolute Gasteiger partial charge is 0.417 e. The topological polar surface area (TPSA) is 117 Å². The molecular formula is C21H20N6O3. The minimum Gasteiger partial charge on any atom is -0.408 e. The molecule has 0 saturated carbocycles. The number of hydrogen-bond donors (Lipinski definition) is 2. The van der Waals surface area contributed by atoms with Gasteiger partial charge in [-0.1, -0.05) is 6.07 Å². The SMILES string of the molecule is CN(C)c1cc(CCNC(=O)c2ccc3oc(=O)[nH]c3c2)nc(-c2ccccn2)n1. The molecule has 0 spiro atoms. The van der Waals surface area contributed by atoms with Crippen LogP contribution < -0.4 is 16.0 Å². The smallest absolute Gasteiger partial charge is 0.408 e. The number of benzene rings is 1. The van der Waals surface area contributed by atoms with Crippen LogP contribution in [-0.2, 0) is 6.42 Å². The summed E-state index contributed by atoms with van der Waals surface area (Å²) in [5.74, 6) is 0.511. The summed E-state index contributed by atoms with van der Waals surface area (Å²) in [5, 5.41) is 2.88. The first kappa shape index (κ1) is 19.3. The Bertz CT molecular complexity index is 1250. The van der Waals surface area contributed by atoms with Crippen LogP contribution in [0.5, 0.6) is 0 Å². The number of aromatic amines is 1. The van der Waals surface area contributed by atoms with Gasteiger partial charge < -0.3 is 14.6 Å². The van der Waals surface area contributed by atoms with Crippen molar-refractivity contribution < 1.29 is 9.21 Å². The molecule has 0 bridgehead atoms. The minimum atomic E-state index is -0.549. The summed E-state index contributed by atoms with van der Waals surface area (Å²) in [4.78, 5) is 41.6. The van der Waals surface area contributed by atoms with E-state index in [1.165, 1.54) is 0 Å². The number of hydrogen-bond acceptors (Lipinski definition) is 7. The van der Waals surface area contributed by atoms with Gasteiger partial charge in [-0.05, 0) is 30.3 Å². The first-order valence-corrected chi connectivity index (χ1v) is 9.37. The highest BCUT2D eigenvalue weighted by Gasteiger charge is 2.11. The second-order valence-corrected chi connectivity index (χ2v) is 6.88. The molecule has 0 aliphatic carbocycles. The molecule has 1 amide bonds. The van der Waals surface area contributed by atoms with Crippen LogP contribution >= 0.6 is 0 Å². The summed E-state index contributed by atoms with van der Waals surface area (Å²) in [6, 6.07) is 12.3. The lowest BCUT2D eigenvalue weighted by Gasteiger charge is -2.14. The number of oxazole rings is 1. The molecule has 3 aromatic heterocycles. The van der Waals surface area contributed by atoms with Gasteiger partial charge in [0.25, 0.3) is 5.91 Å². The molecule has 0 fully saturated rings. The van der Waals surface area contributed by atoms with Gasteiger partial charge in [0.1, 0.15) is 11.5 Å². The first-order valence-electron chi connectivity index (χ1n) is 9.37. The van der Waals surface area contributed by atoms with E-state index in [-0.39, 0.29) is 5.91 Å². The van der Waals surface area contributed by atoms with Crippen LogP contribution in [0.1, 0.15) is 16.1 Å². The van der Waals surface area contributed by atoms with Crippen molar-refractivity contribution in [3.05, 3.63) is 70.5 Å². The normalized spacial score (nSPS) is 10.9. The Morgan fingerprint density at radius 1 is 1.17 bits per heavy atom. The predicted octanol–water partition coefficient (Wildman–Crippen LogP) is 2.01. The lowest BCUT2D eigenvalue weighted by Crippen LogP contribution is -2.26. The third-order valence-corrected chi connectivity index (χ3v) is 4.47. The van der Waals surface area contributed by atoms with Crippen molar-refractivity contribution in [1.82, 2.24) is 25.3 Å². The van der Waals surface area contributed by atoms with Gasteiger partial charge in [0.2, 0.25) is 0 Å². The van der Waals surface area contributed by atoms with E-state index in [4.69, 9.17) is 4.42 Å². The van der Waals surface area contributed by atoms with Crippen molar-refractivity contribution in [2.45, 2.75) is 6.42 Å². The molecule has 9 heteroatoms. The molecule has 30 heavy (non-hydrogen) atoms. The lowest BCUT2D eigenvalue weighted by atomic mass is 10.2. The van der Waals surface area contributed by atoms with Crippen LogP contribution in [0.15, 0.2) is 57.9 Å². The third kappa shape index (κ3) is 4.19. The number of carbonyl (C=O) groups is 1. The van der Waals surface area contributed by atoms with Gasteiger partial charge in [0, 0.05) is 50.6 Å². The van der Waals surface area contributed by atoms with E-state index in [0.717, 1.165) is 11.5 Å². The monoisotopic (exact) mass is 404 g/mol. The zero-order valence-corrected chi connectivity index (χ0v) is 16.5. The van der Waals surface area contributed by atoms with Crippen molar-refractivity contribution in [3.8, 4) is 11.5 Å². The van der Waals surface area contributed by atoms with E-state index < -0.39 is 5.76 Å². The molecule has 1 aromatic carbocycles. The number of anilines is 1. The fourth-order valence-corrected chi connectivity index (χ4v) is 2.95. The summed E-state index contributed by atoms with van der Waals surface area (Å²) in [6.07, 6.45) is 2.23. The number of amides is 1. The van der Waals surface area contributed by atoms with E-state index in [0.29, 0.717) is 41.1 Å². The molecule has 9 nitrogen and oxygen atoms in total. The maximum atomic E-state index is 12.5. The fourth-order valence-electron chi connectivity index (χ4n) is 2.95. The summed E-state index contributed by atoms with van der Waals surface area (Å²) in [6.45, 7) is 0.393. The van der Waals surface area contributed by atoms with E-state index in [1.54, 1.807) is 24.4 Å². The molecule has 3 heterocycles. The van der Waals surface area contributed by atoms with Gasteiger partial charge in [0.05, 0.1) is 5.52 Å². The molecule has 4 aromatic rings. The molecule has 4 rings (SSSR count). The van der Waals surface area contributed by atoms with Crippen molar-refractivity contribution in [2.75, 3.05) is 25.5 Å². The maximum absolute atomic E-state index is 12.5. The third-order valence-electron chi connectivity index (χ3n) is 4.47. The van der Waals surface area contributed by atoms with Gasteiger partial charge in [0.15, 0.2) is 11.4 Å². The Morgan fingerprint density at radius 2 is 2.03 bits per heavy atom. The number of pyridine rings is 1. The average Bonchev–Trinajstić information content (AvgIpc) is 3.13. The van der Waals surface area contributed by atoms with Crippen molar-refractivity contribution in [3.63, 3.8) is 0 Å². The molecule has 2 N–H and O–H groups in total. The molecule has 0 atom stereocenters. The average molecular weight is 404 g/mol. The first-order chi connectivity index (χ1) is 14.5. The highest BCUT2D eigenvalue weighted by atomic mass is 16.4. The number of fused-ring (bicyclic) bond motifs is 1. The predicted molar refractivity (Wildman–Crippen MR) is 112 cm³/mol. The zero-order valence-electron chi connectivity index (χ0n) is 16.5. The molecule has 0 aliphatic heterocycles. The second-order valence-electron chi connectivity index (χ2n) is 6.88. The number of rotatable bonds is 6. The van der Waals surface area contributed by atoms with E-state index in [1.807, 2.05) is 43.3 Å². The van der Waals surface area contributed by atoms with E-state index in [9.17, 15) is 9.59 Å².